The number of benzene rings is 1. The molecule has 19 heavy (non-hydrogen) atoms. The maximum Gasteiger partial charge on any atom is 0.325 e. The smallest absolute Gasteiger partial charge is 0.325 e. The second-order valence-electron chi connectivity index (χ2n) is 4.30. The van der Waals surface area contributed by atoms with Gasteiger partial charge in [0.1, 0.15) is 12.3 Å². The number of carbonyl (C=O) groups is 2. The summed E-state index contributed by atoms with van der Waals surface area (Å²) >= 11 is 0. The third-order valence-corrected chi connectivity index (χ3v) is 2.77. The number of amides is 1. The molecule has 0 bridgehead atoms. The average molecular weight is 265 g/mol. The Morgan fingerprint density at radius 3 is 2.58 bits per heavy atom. The molecule has 0 aliphatic carbocycles. The van der Waals surface area contributed by atoms with Gasteiger partial charge in [-0.25, -0.2) is 0 Å². The van der Waals surface area contributed by atoms with Crippen LogP contribution >= 0.6 is 0 Å². The van der Waals surface area contributed by atoms with Crippen molar-refractivity contribution in [1.82, 2.24) is 4.90 Å². The van der Waals surface area contributed by atoms with E-state index in [2.05, 4.69) is 4.74 Å². The van der Waals surface area contributed by atoms with Crippen LogP contribution in [0.5, 0.6) is 5.75 Å². The van der Waals surface area contributed by atoms with Gasteiger partial charge in [-0.1, -0.05) is 6.92 Å². The van der Waals surface area contributed by atoms with E-state index in [1.54, 1.807) is 13.0 Å². The van der Waals surface area contributed by atoms with E-state index in [0.29, 0.717) is 17.7 Å². The van der Waals surface area contributed by atoms with Crippen molar-refractivity contribution in [3.63, 3.8) is 0 Å². The molecule has 1 aromatic carbocycles. The monoisotopic (exact) mass is 265 g/mol. The molecular weight excluding hydrogens is 246 g/mol. The number of nitrogens with zero attached hydrogens (tertiary/aromatic N) is 1. The van der Waals surface area contributed by atoms with E-state index in [0.717, 1.165) is 6.42 Å². The zero-order valence-electron chi connectivity index (χ0n) is 11.5. The molecule has 0 unspecified atom stereocenters. The first kappa shape index (κ1) is 15.0. The molecule has 0 saturated carbocycles. The molecule has 1 aromatic rings. The molecule has 0 saturated heterocycles. The number of esters is 1. The van der Waals surface area contributed by atoms with Crippen LogP contribution in [0.4, 0.5) is 0 Å². The number of hydrogen-bond donors (Lipinski definition) is 1. The quantitative estimate of drug-likeness (QED) is 0.823. The van der Waals surface area contributed by atoms with Gasteiger partial charge >= 0.3 is 5.97 Å². The van der Waals surface area contributed by atoms with Gasteiger partial charge in [0.05, 0.1) is 7.11 Å². The van der Waals surface area contributed by atoms with E-state index in [-0.39, 0.29) is 18.2 Å². The van der Waals surface area contributed by atoms with Crippen molar-refractivity contribution in [2.45, 2.75) is 20.3 Å². The van der Waals surface area contributed by atoms with Gasteiger partial charge in [-0.3, -0.25) is 9.59 Å². The fourth-order valence-corrected chi connectivity index (χ4v) is 1.80. The predicted octanol–water partition coefficient (Wildman–Crippen LogP) is 1.73. The molecule has 104 valence electrons. The second-order valence-corrected chi connectivity index (χ2v) is 4.30. The number of aryl methyl sites for hydroxylation is 1. The summed E-state index contributed by atoms with van der Waals surface area (Å²) in [6.07, 6.45) is 0.750. The number of phenols is 1. The zero-order valence-corrected chi connectivity index (χ0v) is 11.5. The maximum absolute atomic E-state index is 12.4. The lowest BCUT2D eigenvalue weighted by Crippen LogP contribution is -2.37. The van der Waals surface area contributed by atoms with Crippen molar-refractivity contribution in [2.24, 2.45) is 0 Å². The summed E-state index contributed by atoms with van der Waals surface area (Å²) in [4.78, 5) is 25.1. The highest BCUT2D eigenvalue weighted by Crippen LogP contribution is 2.17. The van der Waals surface area contributed by atoms with Crippen LogP contribution in [0.1, 0.15) is 29.3 Å². The van der Waals surface area contributed by atoms with E-state index in [9.17, 15) is 14.7 Å². The first-order valence-corrected chi connectivity index (χ1v) is 6.15. The average Bonchev–Trinajstić information content (AvgIpc) is 2.37. The highest BCUT2D eigenvalue weighted by molar-refractivity contribution is 5.97. The molecule has 0 aromatic heterocycles. The highest BCUT2D eigenvalue weighted by atomic mass is 16.5. The highest BCUT2D eigenvalue weighted by Gasteiger charge is 2.20. The Bertz CT molecular complexity index is 471. The molecule has 0 fully saturated rings. The molecule has 0 radical (unpaired) electrons. The first-order chi connectivity index (χ1) is 8.99. The van der Waals surface area contributed by atoms with Gasteiger partial charge in [0, 0.05) is 12.1 Å². The fourth-order valence-electron chi connectivity index (χ4n) is 1.80. The lowest BCUT2D eigenvalue weighted by atomic mass is 10.1. The maximum atomic E-state index is 12.4. The van der Waals surface area contributed by atoms with E-state index >= 15 is 0 Å². The van der Waals surface area contributed by atoms with E-state index < -0.39 is 5.97 Å². The summed E-state index contributed by atoms with van der Waals surface area (Å²) in [6, 6.07) is 4.55. The Morgan fingerprint density at radius 1 is 1.37 bits per heavy atom. The fraction of sp³-hybridized carbons (Fsp3) is 0.429. The summed E-state index contributed by atoms with van der Waals surface area (Å²) in [5, 5.41) is 9.35. The lowest BCUT2D eigenvalue weighted by molar-refractivity contribution is -0.141. The first-order valence-electron chi connectivity index (χ1n) is 6.15. The Labute approximate surface area is 112 Å². The van der Waals surface area contributed by atoms with E-state index in [1.807, 2.05) is 6.92 Å². The molecule has 0 aliphatic rings. The van der Waals surface area contributed by atoms with Gasteiger partial charge in [0.25, 0.3) is 5.91 Å². The van der Waals surface area contributed by atoms with Crippen LogP contribution < -0.4 is 0 Å². The standard InChI is InChI=1S/C14H19NO4/c1-4-7-15(9-13(17)19-3)14(18)12-6-5-11(16)8-10(12)2/h5-6,8,16H,4,7,9H2,1-3H3. The minimum Gasteiger partial charge on any atom is -0.508 e. The van der Waals surface area contributed by atoms with Gasteiger partial charge < -0.3 is 14.7 Å². The van der Waals surface area contributed by atoms with Gasteiger partial charge in [-0.2, -0.15) is 0 Å². The summed E-state index contributed by atoms with van der Waals surface area (Å²) in [7, 11) is 1.29. The zero-order chi connectivity index (χ0) is 14.4. The Morgan fingerprint density at radius 2 is 2.05 bits per heavy atom. The molecule has 0 heterocycles. The van der Waals surface area contributed by atoms with Crippen LogP contribution in [0.3, 0.4) is 0 Å². The Balaban J connectivity index is 2.95. The van der Waals surface area contributed by atoms with E-state index in [1.165, 1.54) is 24.1 Å². The number of hydrogen-bond acceptors (Lipinski definition) is 4. The van der Waals surface area contributed by atoms with E-state index in [4.69, 9.17) is 0 Å². The third kappa shape index (κ3) is 3.98. The second kappa shape index (κ2) is 6.78. The summed E-state index contributed by atoms with van der Waals surface area (Å²) in [6.45, 7) is 4.09. The van der Waals surface area contributed by atoms with Gasteiger partial charge in [0.15, 0.2) is 0 Å². The van der Waals surface area contributed by atoms with Crippen LogP contribution in [-0.2, 0) is 9.53 Å². The summed E-state index contributed by atoms with van der Waals surface area (Å²) < 4.78 is 4.59. The van der Waals surface area contributed by atoms with Gasteiger partial charge in [-0.05, 0) is 37.1 Å². The normalized spacial score (nSPS) is 10.1. The van der Waals surface area contributed by atoms with Crippen molar-refractivity contribution in [3.05, 3.63) is 29.3 Å². The van der Waals surface area contributed by atoms with Gasteiger partial charge in [0.2, 0.25) is 0 Å². The van der Waals surface area contributed by atoms with Crippen LogP contribution in [0, 0.1) is 6.92 Å². The number of aromatic hydroxyl groups is 1. The number of carbonyl (C=O) groups excluding carboxylic acids is 2. The van der Waals surface area contributed by atoms with Crippen molar-refractivity contribution in [3.8, 4) is 5.75 Å². The number of rotatable bonds is 5. The minimum absolute atomic E-state index is 0.0660. The Hall–Kier alpha value is -2.04. The minimum atomic E-state index is -0.446. The van der Waals surface area contributed by atoms with Crippen molar-refractivity contribution in [2.75, 3.05) is 20.2 Å². The van der Waals surface area contributed by atoms with Crippen LogP contribution in [0.2, 0.25) is 0 Å². The van der Waals surface area contributed by atoms with Crippen molar-refractivity contribution in [1.29, 1.82) is 0 Å². The SMILES string of the molecule is CCCN(CC(=O)OC)C(=O)c1ccc(O)cc1C. The van der Waals surface area contributed by atoms with Crippen molar-refractivity contribution < 1.29 is 19.4 Å². The molecule has 1 amide bonds. The number of phenolic OH excluding ortho intramolecular Hbond substituents is 1. The molecule has 5 nitrogen and oxygen atoms in total. The summed E-state index contributed by atoms with van der Waals surface area (Å²) in [5.74, 6) is -0.563. The molecule has 0 spiro atoms. The molecule has 0 aliphatic heterocycles. The van der Waals surface area contributed by atoms with Crippen LogP contribution in [0.25, 0.3) is 0 Å². The Kier molecular flexibility index (Phi) is 5.36. The van der Waals surface area contributed by atoms with Crippen LogP contribution in [-0.4, -0.2) is 42.1 Å². The number of ether oxygens (including phenoxy) is 1. The molecule has 1 N–H and O–H groups in total. The predicted molar refractivity (Wildman–Crippen MR) is 71.1 cm³/mol. The molecule has 0 atom stereocenters. The molecule has 5 heteroatoms. The summed E-state index contributed by atoms with van der Waals surface area (Å²) in [5.41, 5.74) is 1.16. The molecular formula is C14H19NO4. The lowest BCUT2D eigenvalue weighted by Gasteiger charge is -2.21. The third-order valence-electron chi connectivity index (χ3n) is 2.77. The largest absolute Gasteiger partial charge is 0.508 e. The number of methoxy groups -OCH3 is 1. The van der Waals surface area contributed by atoms with Crippen LogP contribution in [0.15, 0.2) is 18.2 Å². The molecule has 1 rings (SSSR count). The van der Waals surface area contributed by atoms with Crippen molar-refractivity contribution >= 4 is 11.9 Å². The van der Waals surface area contributed by atoms with Gasteiger partial charge in [-0.15, -0.1) is 0 Å². The topological polar surface area (TPSA) is 66.8 Å².